The number of carbonyl (C=O) groups is 1. The molecular weight excluding hydrogens is 375 g/mol. The van der Waals surface area contributed by atoms with Gasteiger partial charge < -0.3 is 4.74 Å². The Kier molecular flexibility index (Phi) is 5.64. The number of rotatable bonds is 7. The normalized spacial score (nSPS) is 13.3. The van der Waals surface area contributed by atoms with E-state index in [9.17, 15) is 9.18 Å². The van der Waals surface area contributed by atoms with Gasteiger partial charge in [-0.25, -0.2) is 18.5 Å². The molecule has 4 rings (SSSR count). The van der Waals surface area contributed by atoms with Gasteiger partial charge in [0.2, 0.25) is 0 Å². The van der Waals surface area contributed by atoms with Crippen LogP contribution in [-0.2, 0) is 30.7 Å². The Labute approximate surface area is 167 Å². The highest BCUT2D eigenvalue weighted by molar-refractivity contribution is 5.89. The minimum Gasteiger partial charge on any atom is -0.453 e. The second-order valence-electron chi connectivity index (χ2n) is 7.12. The third kappa shape index (κ3) is 4.03. The maximum atomic E-state index is 13.3. The molecule has 1 aliphatic rings. The fourth-order valence-corrected chi connectivity index (χ4v) is 3.57. The van der Waals surface area contributed by atoms with Crippen LogP contribution < -0.4 is 0 Å². The SMILES string of the molecule is CCCCn1nnnc1COC(=O)c1nn(-c2ccc(F)cc2)c2c1CCCC2. The Bertz CT molecular complexity index is 995. The Hall–Kier alpha value is -3.10. The van der Waals surface area contributed by atoms with Gasteiger partial charge in [0.15, 0.2) is 18.1 Å². The van der Waals surface area contributed by atoms with Crippen LogP contribution in [0.2, 0.25) is 0 Å². The first-order chi connectivity index (χ1) is 14.2. The number of halogens is 1. The summed E-state index contributed by atoms with van der Waals surface area (Å²) < 4.78 is 22.2. The summed E-state index contributed by atoms with van der Waals surface area (Å²) in [5.74, 6) is -0.289. The van der Waals surface area contributed by atoms with Crippen molar-refractivity contribution in [2.24, 2.45) is 0 Å². The highest BCUT2D eigenvalue weighted by atomic mass is 19.1. The minimum atomic E-state index is -0.492. The molecule has 0 aliphatic heterocycles. The maximum absolute atomic E-state index is 13.3. The van der Waals surface area contributed by atoms with Crippen molar-refractivity contribution in [1.82, 2.24) is 30.0 Å². The van der Waals surface area contributed by atoms with Crippen LogP contribution in [0.3, 0.4) is 0 Å². The molecule has 9 heteroatoms. The second-order valence-corrected chi connectivity index (χ2v) is 7.12. The van der Waals surface area contributed by atoms with Crippen LogP contribution in [0.15, 0.2) is 24.3 Å². The van der Waals surface area contributed by atoms with Crippen LogP contribution in [0.4, 0.5) is 4.39 Å². The first-order valence-corrected chi connectivity index (χ1v) is 9.96. The second kappa shape index (κ2) is 8.50. The number of hydrogen-bond acceptors (Lipinski definition) is 6. The molecule has 0 spiro atoms. The molecule has 152 valence electrons. The number of unbranched alkanes of at least 4 members (excludes halogenated alkanes) is 1. The molecule has 0 amide bonds. The van der Waals surface area contributed by atoms with E-state index < -0.39 is 5.97 Å². The summed E-state index contributed by atoms with van der Waals surface area (Å²) in [6.07, 6.45) is 5.59. The van der Waals surface area contributed by atoms with Crippen molar-refractivity contribution >= 4 is 5.97 Å². The van der Waals surface area contributed by atoms with Gasteiger partial charge in [0.1, 0.15) is 5.82 Å². The van der Waals surface area contributed by atoms with Crippen molar-refractivity contribution in [2.75, 3.05) is 0 Å². The Morgan fingerprint density at radius 1 is 1.21 bits per heavy atom. The van der Waals surface area contributed by atoms with Crippen LogP contribution in [0.1, 0.15) is 60.2 Å². The van der Waals surface area contributed by atoms with Crippen LogP contribution in [-0.4, -0.2) is 36.0 Å². The molecule has 2 aromatic heterocycles. The third-order valence-electron chi connectivity index (χ3n) is 5.11. The van der Waals surface area contributed by atoms with E-state index in [4.69, 9.17) is 4.74 Å². The van der Waals surface area contributed by atoms with Crippen molar-refractivity contribution in [1.29, 1.82) is 0 Å². The predicted molar refractivity (Wildman–Crippen MR) is 102 cm³/mol. The van der Waals surface area contributed by atoms with Crippen molar-refractivity contribution in [3.63, 3.8) is 0 Å². The van der Waals surface area contributed by atoms with Gasteiger partial charge in [-0.1, -0.05) is 13.3 Å². The van der Waals surface area contributed by atoms with Gasteiger partial charge in [0.25, 0.3) is 0 Å². The molecule has 3 aromatic rings. The van der Waals surface area contributed by atoms with Gasteiger partial charge in [-0.2, -0.15) is 5.10 Å². The number of aromatic nitrogens is 6. The average Bonchev–Trinajstić information content (AvgIpc) is 3.35. The summed E-state index contributed by atoms with van der Waals surface area (Å²) in [6, 6.07) is 6.10. The van der Waals surface area contributed by atoms with Crippen LogP contribution in [0.25, 0.3) is 5.69 Å². The molecule has 0 radical (unpaired) electrons. The Balaban J connectivity index is 1.56. The van der Waals surface area contributed by atoms with Crippen molar-refractivity contribution in [2.45, 2.75) is 58.6 Å². The van der Waals surface area contributed by atoms with E-state index in [-0.39, 0.29) is 12.4 Å². The maximum Gasteiger partial charge on any atom is 0.359 e. The average molecular weight is 398 g/mol. The lowest BCUT2D eigenvalue weighted by Gasteiger charge is -2.14. The number of aryl methyl sites for hydroxylation is 1. The highest BCUT2D eigenvalue weighted by Crippen LogP contribution is 2.27. The van der Waals surface area contributed by atoms with Gasteiger partial charge in [0.05, 0.1) is 5.69 Å². The third-order valence-corrected chi connectivity index (χ3v) is 5.11. The topological polar surface area (TPSA) is 87.7 Å². The van der Waals surface area contributed by atoms with E-state index in [1.165, 1.54) is 12.1 Å². The van der Waals surface area contributed by atoms with E-state index in [0.29, 0.717) is 18.1 Å². The van der Waals surface area contributed by atoms with E-state index in [2.05, 4.69) is 27.5 Å². The summed E-state index contributed by atoms with van der Waals surface area (Å²) in [6.45, 7) is 2.77. The van der Waals surface area contributed by atoms with Crippen molar-refractivity contribution in [3.8, 4) is 5.69 Å². The number of benzene rings is 1. The summed E-state index contributed by atoms with van der Waals surface area (Å²) in [5, 5.41) is 16.1. The number of ether oxygens (including phenoxy) is 1. The number of nitrogens with zero attached hydrogens (tertiary/aromatic N) is 6. The fourth-order valence-electron chi connectivity index (χ4n) is 3.57. The summed E-state index contributed by atoms with van der Waals surface area (Å²) in [7, 11) is 0. The van der Waals surface area contributed by atoms with Gasteiger partial charge in [-0.15, -0.1) is 5.10 Å². The van der Waals surface area contributed by atoms with Crippen molar-refractivity contribution < 1.29 is 13.9 Å². The minimum absolute atomic E-state index is 0.00622. The number of esters is 1. The lowest BCUT2D eigenvalue weighted by molar-refractivity contribution is 0.0447. The molecule has 29 heavy (non-hydrogen) atoms. The summed E-state index contributed by atoms with van der Waals surface area (Å²) in [4.78, 5) is 12.8. The molecule has 0 saturated heterocycles. The first-order valence-electron chi connectivity index (χ1n) is 9.96. The zero-order valence-electron chi connectivity index (χ0n) is 16.3. The van der Waals surface area contributed by atoms with Gasteiger partial charge >= 0.3 is 5.97 Å². The predicted octanol–water partition coefficient (Wildman–Crippen LogP) is 3.03. The van der Waals surface area contributed by atoms with Gasteiger partial charge in [0, 0.05) is 17.8 Å². The van der Waals surface area contributed by atoms with E-state index in [1.807, 2.05) is 0 Å². The Morgan fingerprint density at radius 3 is 2.79 bits per heavy atom. The van der Waals surface area contributed by atoms with Crippen molar-refractivity contribution in [3.05, 3.63) is 52.9 Å². The molecule has 0 bridgehead atoms. The van der Waals surface area contributed by atoms with Gasteiger partial charge in [-0.05, 0) is 66.8 Å². The smallest absolute Gasteiger partial charge is 0.359 e. The lowest BCUT2D eigenvalue weighted by atomic mass is 9.95. The molecule has 0 fully saturated rings. The number of carbonyl (C=O) groups excluding carboxylic acids is 1. The van der Waals surface area contributed by atoms with Crippen LogP contribution in [0.5, 0.6) is 0 Å². The fraction of sp³-hybridized carbons (Fsp3) is 0.450. The zero-order valence-corrected chi connectivity index (χ0v) is 16.3. The molecule has 8 nitrogen and oxygen atoms in total. The Morgan fingerprint density at radius 2 is 2.00 bits per heavy atom. The van der Waals surface area contributed by atoms with Crippen LogP contribution >= 0.6 is 0 Å². The molecular formula is C20H23FN6O2. The number of tetrazole rings is 1. The van der Waals surface area contributed by atoms with E-state index in [1.54, 1.807) is 21.5 Å². The molecule has 0 saturated carbocycles. The summed E-state index contributed by atoms with van der Waals surface area (Å²) >= 11 is 0. The monoisotopic (exact) mass is 398 g/mol. The molecule has 0 atom stereocenters. The molecule has 2 heterocycles. The largest absolute Gasteiger partial charge is 0.453 e. The molecule has 1 aliphatic carbocycles. The van der Waals surface area contributed by atoms with E-state index >= 15 is 0 Å². The molecule has 0 N–H and O–H groups in total. The first kappa shape index (κ1) is 19.2. The highest BCUT2D eigenvalue weighted by Gasteiger charge is 2.27. The quantitative estimate of drug-likeness (QED) is 0.569. The standard InChI is InChI=1S/C20H23FN6O2/c1-2-3-12-26-18(22-24-25-26)13-29-20(28)19-16-6-4-5-7-17(16)27(23-19)15-10-8-14(21)9-11-15/h8-11H,2-7,12-13H2,1H3. The van der Waals surface area contributed by atoms with Crippen LogP contribution in [0, 0.1) is 5.82 Å². The number of hydrogen-bond donors (Lipinski definition) is 0. The molecule has 0 unspecified atom stereocenters. The lowest BCUT2D eigenvalue weighted by Crippen LogP contribution is -2.13. The van der Waals surface area contributed by atoms with E-state index in [0.717, 1.165) is 55.5 Å². The zero-order chi connectivity index (χ0) is 20.2. The summed E-state index contributed by atoms with van der Waals surface area (Å²) in [5.41, 5.74) is 2.95. The number of fused-ring (bicyclic) bond motifs is 1. The molecule has 1 aromatic carbocycles. The van der Waals surface area contributed by atoms with Gasteiger partial charge in [-0.3, -0.25) is 0 Å².